The molecule has 0 fully saturated rings. The van der Waals surface area contributed by atoms with E-state index in [1.807, 2.05) is 0 Å². The SMILES string of the molecule is Cn1c(N)nc2nc(-c3cc(Br)ccc3F)[nH]c2c1=O. The summed E-state index contributed by atoms with van der Waals surface area (Å²) in [6.45, 7) is 0. The van der Waals surface area contributed by atoms with Gasteiger partial charge in [0.15, 0.2) is 11.2 Å². The highest BCUT2D eigenvalue weighted by atomic mass is 79.9. The molecule has 0 aliphatic carbocycles. The standard InChI is InChI=1S/C12H9BrFN5O/c1-19-11(20)8-10(18-12(19)15)17-9(16-8)6-4-5(13)2-3-7(6)14/h2-4H,1H3,(H2,15,18)(H,16,17). The third-order valence-corrected chi connectivity index (χ3v) is 3.44. The molecule has 0 aliphatic heterocycles. The number of hydrogen-bond acceptors (Lipinski definition) is 4. The molecule has 0 atom stereocenters. The molecule has 3 aromatic rings. The Labute approximate surface area is 120 Å². The summed E-state index contributed by atoms with van der Waals surface area (Å²) in [5.74, 6) is -0.165. The number of aromatic amines is 1. The van der Waals surface area contributed by atoms with Gasteiger partial charge in [0.1, 0.15) is 11.6 Å². The van der Waals surface area contributed by atoms with Crippen molar-refractivity contribution in [2.75, 3.05) is 5.73 Å². The first-order valence-corrected chi connectivity index (χ1v) is 6.44. The van der Waals surface area contributed by atoms with E-state index in [0.717, 1.165) is 0 Å². The number of rotatable bonds is 1. The van der Waals surface area contributed by atoms with E-state index in [1.54, 1.807) is 12.1 Å². The molecular weight excluding hydrogens is 329 g/mol. The fourth-order valence-electron chi connectivity index (χ4n) is 1.86. The van der Waals surface area contributed by atoms with Crippen LogP contribution in [0.2, 0.25) is 0 Å². The summed E-state index contributed by atoms with van der Waals surface area (Å²) < 4.78 is 15.7. The zero-order chi connectivity index (χ0) is 14.4. The molecule has 0 unspecified atom stereocenters. The van der Waals surface area contributed by atoms with Crippen LogP contribution in [0.25, 0.3) is 22.6 Å². The monoisotopic (exact) mass is 337 g/mol. The van der Waals surface area contributed by atoms with E-state index in [9.17, 15) is 9.18 Å². The van der Waals surface area contributed by atoms with Crippen LogP contribution in [0.4, 0.5) is 10.3 Å². The maximum absolute atomic E-state index is 13.8. The van der Waals surface area contributed by atoms with E-state index < -0.39 is 5.82 Å². The van der Waals surface area contributed by atoms with Gasteiger partial charge in [-0.1, -0.05) is 15.9 Å². The number of nitrogen functional groups attached to an aromatic ring is 1. The quantitative estimate of drug-likeness (QED) is 0.708. The first-order valence-electron chi connectivity index (χ1n) is 5.65. The maximum atomic E-state index is 13.8. The summed E-state index contributed by atoms with van der Waals surface area (Å²) in [6, 6.07) is 4.46. The van der Waals surface area contributed by atoms with Crippen molar-refractivity contribution < 1.29 is 4.39 Å². The zero-order valence-corrected chi connectivity index (χ0v) is 11.9. The van der Waals surface area contributed by atoms with Gasteiger partial charge in [-0.05, 0) is 18.2 Å². The lowest BCUT2D eigenvalue weighted by atomic mass is 10.2. The first kappa shape index (κ1) is 12.8. The predicted octanol–water partition coefficient (Wildman–Crippen LogP) is 1.81. The molecule has 3 N–H and O–H groups in total. The minimum atomic E-state index is -0.447. The minimum Gasteiger partial charge on any atom is -0.369 e. The van der Waals surface area contributed by atoms with Gasteiger partial charge in [0.2, 0.25) is 5.95 Å². The van der Waals surface area contributed by atoms with Crippen molar-refractivity contribution in [2.24, 2.45) is 7.05 Å². The van der Waals surface area contributed by atoms with Crippen LogP contribution in [-0.4, -0.2) is 19.5 Å². The molecule has 20 heavy (non-hydrogen) atoms. The molecule has 0 spiro atoms. The molecule has 102 valence electrons. The third kappa shape index (κ3) is 1.88. The fourth-order valence-corrected chi connectivity index (χ4v) is 2.22. The van der Waals surface area contributed by atoms with Gasteiger partial charge in [0.25, 0.3) is 5.56 Å². The Morgan fingerprint density at radius 1 is 1.40 bits per heavy atom. The molecule has 8 heteroatoms. The van der Waals surface area contributed by atoms with Crippen molar-refractivity contribution in [3.05, 3.63) is 38.8 Å². The van der Waals surface area contributed by atoms with Gasteiger partial charge in [-0.2, -0.15) is 4.98 Å². The maximum Gasteiger partial charge on any atom is 0.280 e. The second kappa shape index (κ2) is 4.41. The number of halogens is 2. The number of nitrogens with one attached hydrogen (secondary N) is 1. The van der Waals surface area contributed by atoms with Gasteiger partial charge < -0.3 is 10.7 Å². The average Bonchev–Trinajstić information content (AvgIpc) is 2.83. The number of nitrogens with two attached hydrogens (primary N) is 1. The summed E-state index contributed by atoms with van der Waals surface area (Å²) in [7, 11) is 1.50. The van der Waals surface area contributed by atoms with Gasteiger partial charge in [-0.3, -0.25) is 9.36 Å². The van der Waals surface area contributed by atoms with E-state index in [-0.39, 0.29) is 34.1 Å². The normalized spacial score (nSPS) is 11.2. The minimum absolute atomic E-state index is 0.0512. The fraction of sp³-hybridized carbons (Fsp3) is 0.0833. The number of H-pyrrole nitrogens is 1. The molecule has 0 saturated carbocycles. The number of fused-ring (bicyclic) bond motifs is 1. The van der Waals surface area contributed by atoms with Crippen LogP contribution >= 0.6 is 15.9 Å². The van der Waals surface area contributed by atoms with E-state index in [4.69, 9.17) is 5.73 Å². The highest BCUT2D eigenvalue weighted by molar-refractivity contribution is 9.10. The van der Waals surface area contributed by atoms with Crippen molar-refractivity contribution in [3.63, 3.8) is 0 Å². The summed E-state index contributed by atoms with van der Waals surface area (Å²) in [4.78, 5) is 22.9. The van der Waals surface area contributed by atoms with E-state index in [1.165, 1.54) is 17.7 Å². The van der Waals surface area contributed by atoms with Gasteiger partial charge in [-0.15, -0.1) is 0 Å². The Morgan fingerprint density at radius 3 is 2.90 bits per heavy atom. The third-order valence-electron chi connectivity index (χ3n) is 2.95. The van der Waals surface area contributed by atoms with Gasteiger partial charge >= 0.3 is 0 Å². The van der Waals surface area contributed by atoms with Crippen molar-refractivity contribution in [1.82, 2.24) is 19.5 Å². The van der Waals surface area contributed by atoms with Crippen LogP contribution in [0, 0.1) is 5.82 Å². The second-order valence-corrected chi connectivity index (χ2v) is 5.16. The van der Waals surface area contributed by atoms with E-state index in [2.05, 4.69) is 30.9 Å². The Hall–Kier alpha value is -2.22. The van der Waals surface area contributed by atoms with Gasteiger partial charge in [0.05, 0.1) is 5.56 Å². The van der Waals surface area contributed by atoms with Crippen LogP contribution in [-0.2, 0) is 7.05 Å². The van der Waals surface area contributed by atoms with Crippen molar-refractivity contribution in [2.45, 2.75) is 0 Å². The molecule has 2 heterocycles. The Balaban J connectivity index is 2.31. The van der Waals surface area contributed by atoms with Crippen LogP contribution in [0.15, 0.2) is 27.5 Å². The zero-order valence-electron chi connectivity index (χ0n) is 10.3. The van der Waals surface area contributed by atoms with Gasteiger partial charge in [0, 0.05) is 11.5 Å². The Morgan fingerprint density at radius 2 is 2.15 bits per heavy atom. The molecule has 2 aromatic heterocycles. The summed E-state index contributed by atoms with van der Waals surface area (Å²) >= 11 is 3.27. The smallest absolute Gasteiger partial charge is 0.280 e. The summed E-state index contributed by atoms with van der Waals surface area (Å²) in [6.07, 6.45) is 0. The van der Waals surface area contributed by atoms with Crippen LogP contribution < -0.4 is 11.3 Å². The topological polar surface area (TPSA) is 89.6 Å². The Kier molecular flexibility index (Phi) is 2.82. The number of nitrogens with zero attached hydrogens (tertiary/aromatic N) is 3. The molecule has 0 aliphatic rings. The lowest BCUT2D eigenvalue weighted by Gasteiger charge is -1.99. The predicted molar refractivity (Wildman–Crippen MR) is 76.6 cm³/mol. The highest BCUT2D eigenvalue weighted by Gasteiger charge is 2.15. The van der Waals surface area contributed by atoms with Gasteiger partial charge in [-0.25, -0.2) is 9.37 Å². The number of aromatic nitrogens is 4. The molecule has 6 nitrogen and oxygen atoms in total. The number of benzene rings is 1. The number of imidazole rings is 1. The van der Waals surface area contributed by atoms with Crippen molar-refractivity contribution in [3.8, 4) is 11.4 Å². The number of anilines is 1. The van der Waals surface area contributed by atoms with Crippen molar-refractivity contribution in [1.29, 1.82) is 0 Å². The molecule has 0 radical (unpaired) electrons. The van der Waals surface area contributed by atoms with E-state index >= 15 is 0 Å². The largest absolute Gasteiger partial charge is 0.369 e. The molecule has 1 aromatic carbocycles. The number of hydrogen-bond donors (Lipinski definition) is 2. The summed E-state index contributed by atoms with van der Waals surface area (Å²) in [5, 5.41) is 0. The molecule has 0 bridgehead atoms. The lowest BCUT2D eigenvalue weighted by molar-refractivity contribution is 0.630. The second-order valence-electron chi connectivity index (χ2n) is 4.24. The molecule has 0 amide bonds. The summed E-state index contributed by atoms with van der Waals surface area (Å²) in [5.41, 5.74) is 5.85. The highest BCUT2D eigenvalue weighted by Crippen LogP contribution is 2.25. The lowest BCUT2D eigenvalue weighted by Crippen LogP contribution is -2.21. The van der Waals surface area contributed by atoms with Crippen LogP contribution in [0.3, 0.4) is 0 Å². The molecule has 0 saturated heterocycles. The molecular formula is C12H9BrFN5O. The Bertz CT molecular complexity index is 885. The molecule has 3 rings (SSSR count). The van der Waals surface area contributed by atoms with Crippen LogP contribution in [0.1, 0.15) is 0 Å². The van der Waals surface area contributed by atoms with Crippen LogP contribution in [0.5, 0.6) is 0 Å². The average molecular weight is 338 g/mol. The first-order chi connectivity index (χ1) is 9.47. The van der Waals surface area contributed by atoms with E-state index in [0.29, 0.717) is 4.47 Å². The van der Waals surface area contributed by atoms with Crippen molar-refractivity contribution >= 4 is 33.0 Å².